The maximum atomic E-state index is 13.7. The van der Waals surface area contributed by atoms with Gasteiger partial charge >= 0.3 is 6.09 Å². The lowest BCUT2D eigenvalue weighted by Crippen LogP contribution is -2.33. The highest BCUT2D eigenvalue weighted by atomic mass is 32.2. The van der Waals surface area contributed by atoms with Crippen molar-refractivity contribution in [2.75, 3.05) is 28.7 Å². The van der Waals surface area contributed by atoms with Crippen molar-refractivity contribution in [3.8, 4) is 0 Å². The summed E-state index contributed by atoms with van der Waals surface area (Å²) in [5.41, 5.74) is 9.05. The second kappa shape index (κ2) is 11.2. The van der Waals surface area contributed by atoms with Crippen molar-refractivity contribution in [1.82, 2.24) is 10.3 Å². The van der Waals surface area contributed by atoms with Gasteiger partial charge < -0.3 is 21.1 Å². The number of nitrogens with one attached hydrogen (secondary N) is 3. The summed E-state index contributed by atoms with van der Waals surface area (Å²) in [5, 5.41) is 10.5. The SMILES string of the molecule is CCS(=O)(=O)c1ccc2cc1CNC(=O)[C@H](Nc1ccc3c(N)nccc3c1)c1ccc(cc1)CCOC(=O)N2. The molecule has 2 amide bonds. The zero-order chi connectivity index (χ0) is 28.3. The molecule has 10 nitrogen and oxygen atoms in total. The summed E-state index contributed by atoms with van der Waals surface area (Å²) in [7, 11) is -3.60. The number of ether oxygens (including phenoxy) is 1. The highest BCUT2D eigenvalue weighted by molar-refractivity contribution is 7.91. The molecule has 2 aliphatic heterocycles. The van der Waals surface area contributed by atoms with Crippen LogP contribution in [-0.4, -0.2) is 37.8 Å². The number of carbonyl (C=O) groups excluding carboxylic acids is 2. The number of nitrogens with two attached hydrogens (primary N) is 1. The Morgan fingerprint density at radius 3 is 2.62 bits per heavy atom. The Morgan fingerprint density at radius 2 is 1.85 bits per heavy atom. The number of aromatic nitrogens is 1. The second-order valence-electron chi connectivity index (χ2n) is 9.41. The number of sulfone groups is 1. The van der Waals surface area contributed by atoms with Crippen molar-refractivity contribution in [2.45, 2.75) is 30.8 Å². The number of hydrogen-bond donors (Lipinski definition) is 4. The van der Waals surface area contributed by atoms with E-state index in [1.54, 1.807) is 13.1 Å². The number of benzene rings is 3. The van der Waals surface area contributed by atoms with Crippen LogP contribution in [0.5, 0.6) is 0 Å². The van der Waals surface area contributed by atoms with E-state index in [0.717, 1.165) is 16.3 Å². The molecule has 5 N–H and O–H groups in total. The van der Waals surface area contributed by atoms with Crippen LogP contribution in [0, 0.1) is 0 Å². The molecule has 40 heavy (non-hydrogen) atoms. The maximum Gasteiger partial charge on any atom is 0.411 e. The molecule has 6 rings (SSSR count). The van der Waals surface area contributed by atoms with Crippen molar-refractivity contribution in [1.29, 1.82) is 0 Å². The van der Waals surface area contributed by atoms with Gasteiger partial charge in [-0.25, -0.2) is 18.2 Å². The Bertz CT molecular complexity index is 1690. The summed E-state index contributed by atoms with van der Waals surface area (Å²) >= 11 is 0. The largest absolute Gasteiger partial charge is 0.449 e. The molecular formula is C29H29N5O5S. The average molecular weight is 560 g/mol. The van der Waals surface area contributed by atoms with E-state index in [1.165, 1.54) is 18.2 Å². The predicted octanol–water partition coefficient (Wildman–Crippen LogP) is 4.18. The monoisotopic (exact) mass is 559 g/mol. The van der Waals surface area contributed by atoms with Crippen LogP contribution >= 0.6 is 0 Å². The minimum Gasteiger partial charge on any atom is -0.449 e. The van der Waals surface area contributed by atoms with E-state index in [9.17, 15) is 18.0 Å². The summed E-state index contributed by atoms with van der Waals surface area (Å²) in [6, 6.07) is 18.5. The molecule has 4 aromatic rings. The maximum absolute atomic E-state index is 13.7. The molecule has 3 aromatic carbocycles. The molecule has 0 aliphatic carbocycles. The molecule has 0 radical (unpaired) electrons. The molecule has 3 heterocycles. The van der Waals surface area contributed by atoms with E-state index < -0.39 is 22.0 Å². The molecule has 2 aliphatic rings. The van der Waals surface area contributed by atoms with Crippen molar-refractivity contribution >= 4 is 49.8 Å². The average Bonchev–Trinajstić information content (AvgIpc) is 2.94. The van der Waals surface area contributed by atoms with Gasteiger partial charge in [0.1, 0.15) is 11.9 Å². The Morgan fingerprint density at radius 1 is 1.05 bits per heavy atom. The first kappa shape index (κ1) is 26.9. The van der Waals surface area contributed by atoms with Crippen LogP contribution in [0.25, 0.3) is 10.8 Å². The van der Waals surface area contributed by atoms with Crippen LogP contribution in [0.1, 0.15) is 29.7 Å². The number of nitrogen functional groups attached to an aromatic ring is 1. The number of rotatable bonds is 4. The van der Waals surface area contributed by atoms with E-state index in [4.69, 9.17) is 10.5 Å². The third-order valence-corrected chi connectivity index (χ3v) is 8.61. The quantitative estimate of drug-likeness (QED) is 0.291. The van der Waals surface area contributed by atoms with Gasteiger partial charge in [-0.1, -0.05) is 31.2 Å². The van der Waals surface area contributed by atoms with Gasteiger partial charge in [-0.05, 0) is 64.5 Å². The van der Waals surface area contributed by atoms with E-state index in [1.807, 2.05) is 48.5 Å². The number of pyridine rings is 1. The van der Waals surface area contributed by atoms with Crippen LogP contribution in [0.3, 0.4) is 0 Å². The van der Waals surface area contributed by atoms with Crippen LogP contribution in [0.15, 0.2) is 77.8 Å². The lowest BCUT2D eigenvalue weighted by Gasteiger charge is -2.22. The number of hydrogen-bond acceptors (Lipinski definition) is 8. The standard InChI is InChI=1S/C29H29N5O5S/c1-2-40(37,38)25-10-8-23-16-21(25)17-32-28(35)26(19-5-3-18(4-6-19)12-14-39-29(36)34-23)33-22-7-9-24-20(15-22)11-13-31-27(24)30/h3-11,13,15-16,26,33H,2,12,14,17H2,1H3,(H2,30,31)(H,32,35)(H,34,36)/t26-/m1/s1. The molecule has 0 fully saturated rings. The Kier molecular flexibility index (Phi) is 7.56. The molecular weight excluding hydrogens is 530 g/mol. The molecule has 4 bridgehead atoms. The number of fused-ring (bicyclic) bond motifs is 10. The fraction of sp³-hybridized carbons (Fsp3) is 0.207. The van der Waals surface area contributed by atoms with Gasteiger partial charge in [-0.2, -0.15) is 0 Å². The zero-order valence-corrected chi connectivity index (χ0v) is 22.6. The van der Waals surface area contributed by atoms with Crippen molar-refractivity contribution in [3.05, 3.63) is 89.6 Å². The number of amides is 2. The molecule has 1 aromatic heterocycles. The zero-order valence-electron chi connectivity index (χ0n) is 21.8. The number of anilines is 3. The summed E-state index contributed by atoms with van der Waals surface area (Å²) < 4.78 is 30.9. The first-order valence-corrected chi connectivity index (χ1v) is 14.5. The fourth-order valence-electron chi connectivity index (χ4n) is 4.59. The van der Waals surface area contributed by atoms with Crippen LogP contribution < -0.4 is 21.7 Å². The Balaban J connectivity index is 1.51. The van der Waals surface area contributed by atoms with Gasteiger partial charge in [-0.15, -0.1) is 0 Å². The van der Waals surface area contributed by atoms with Crippen LogP contribution in [0.2, 0.25) is 0 Å². The smallest absolute Gasteiger partial charge is 0.411 e. The van der Waals surface area contributed by atoms with Crippen LogP contribution in [-0.2, 0) is 32.3 Å². The second-order valence-corrected chi connectivity index (χ2v) is 11.7. The molecule has 1 atom stereocenters. The highest BCUT2D eigenvalue weighted by Crippen LogP contribution is 2.27. The highest BCUT2D eigenvalue weighted by Gasteiger charge is 2.23. The predicted molar refractivity (Wildman–Crippen MR) is 154 cm³/mol. The van der Waals surface area contributed by atoms with Gasteiger partial charge in [0.2, 0.25) is 5.91 Å². The van der Waals surface area contributed by atoms with E-state index in [2.05, 4.69) is 20.9 Å². The first-order chi connectivity index (χ1) is 19.2. The van der Waals surface area contributed by atoms with Gasteiger partial charge in [0.25, 0.3) is 0 Å². The third-order valence-electron chi connectivity index (χ3n) is 6.78. The lowest BCUT2D eigenvalue weighted by atomic mass is 10.0. The molecule has 11 heteroatoms. The summed E-state index contributed by atoms with van der Waals surface area (Å²) in [6.07, 6.45) is 1.46. The fourth-order valence-corrected chi connectivity index (χ4v) is 5.71. The number of nitrogens with zero attached hydrogens (tertiary/aromatic N) is 1. The Labute approximate surface area is 231 Å². The Hall–Kier alpha value is -4.64. The lowest BCUT2D eigenvalue weighted by molar-refractivity contribution is -0.122. The van der Waals surface area contributed by atoms with E-state index in [-0.39, 0.29) is 29.7 Å². The van der Waals surface area contributed by atoms with Gasteiger partial charge in [-0.3, -0.25) is 10.1 Å². The van der Waals surface area contributed by atoms with Gasteiger partial charge in [0.05, 0.1) is 17.3 Å². The molecule has 0 saturated heterocycles. The third kappa shape index (κ3) is 5.84. The van der Waals surface area contributed by atoms with Gasteiger partial charge in [0, 0.05) is 35.9 Å². The van der Waals surface area contributed by atoms with Crippen molar-refractivity contribution in [3.63, 3.8) is 0 Å². The molecule has 0 spiro atoms. The topological polar surface area (TPSA) is 153 Å². The minimum atomic E-state index is -3.60. The van der Waals surface area contributed by atoms with E-state index in [0.29, 0.717) is 34.7 Å². The first-order valence-electron chi connectivity index (χ1n) is 12.8. The van der Waals surface area contributed by atoms with Crippen LogP contribution in [0.4, 0.5) is 22.0 Å². The summed E-state index contributed by atoms with van der Waals surface area (Å²) in [5.74, 6) is -0.0458. The van der Waals surface area contributed by atoms with Crippen molar-refractivity contribution in [2.24, 2.45) is 0 Å². The van der Waals surface area contributed by atoms with Crippen molar-refractivity contribution < 1.29 is 22.7 Å². The molecule has 206 valence electrons. The van der Waals surface area contributed by atoms with E-state index >= 15 is 0 Å². The summed E-state index contributed by atoms with van der Waals surface area (Å²) in [4.78, 5) is 30.2. The minimum absolute atomic E-state index is 0.0752. The number of carbonyl (C=O) groups is 2. The van der Waals surface area contributed by atoms with Gasteiger partial charge in [0.15, 0.2) is 9.84 Å². The normalized spacial score (nSPS) is 16.2. The molecule has 0 saturated carbocycles. The molecule has 0 unspecified atom stereocenters. The summed E-state index contributed by atoms with van der Waals surface area (Å²) in [6.45, 7) is 1.63.